The van der Waals surface area contributed by atoms with Gasteiger partial charge in [-0.05, 0) is 25.0 Å². The summed E-state index contributed by atoms with van der Waals surface area (Å²) in [6, 6.07) is 6.89. The molecule has 2 rings (SSSR count). The maximum absolute atomic E-state index is 11.7. The van der Waals surface area contributed by atoms with Gasteiger partial charge in [-0.1, -0.05) is 12.1 Å². The predicted octanol–water partition coefficient (Wildman–Crippen LogP) is 1.60. The molecular weight excluding hydrogens is 206 g/mol. The quantitative estimate of drug-likeness (QED) is 0.622. The molecule has 1 atom stereocenters. The molecule has 1 aliphatic rings. The molecule has 1 fully saturated rings. The van der Waals surface area contributed by atoms with Crippen LogP contribution in [0.25, 0.3) is 0 Å². The largest absolute Gasteiger partial charge is 0.459 e. The number of para-hydroxylation sites is 1. The maximum Gasteiger partial charge on any atom is 0.340 e. The molecule has 2 N–H and O–H groups in total. The van der Waals surface area contributed by atoms with Crippen LogP contribution in [0.1, 0.15) is 23.2 Å². The minimum Gasteiger partial charge on any atom is -0.459 e. The third kappa shape index (κ3) is 2.52. The molecule has 0 aliphatic carbocycles. The highest BCUT2D eigenvalue weighted by molar-refractivity contribution is 5.94. The maximum atomic E-state index is 11.7. The van der Waals surface area contributed by atoms with Crippen LogP contribution < -0.4 is 5.73 Å². The van der Waals surface area contributed by atoms with Crippen LogP contribution in [0.4, 0.5) is 5.69 Å². The molecular formula is C12H15NO3. The van der Waals surface area contributed by atoms with Crippen molar-refractivity contribution in [3.8, 4) is 0 Å². The number of esters is 1. The Hall–Kier alpha value is -1.55. The molecule has 1 aromatic carbocycles. The highest BCUT2D eigenvalue weighted by atomic mass is 16.6. The first-order valence-corrected chi connectivity index (χ1v) is 5.40. The summed E-state index contributed by atoms with van der Waals surface area (Å²) in [5.74, 6) is -0.381. The molecule has 0 amide bonds. The zero-order valence-electron chi connectivity index (χ0n) is 9.02. The van der Waals surface area contributed by atoms with E-state index in [1.165, 1.54) is 0 Å². The van der Waals surface area contributed by atoms with Crippen LogP contribution in [0.5, 0.6) is 0 Å². The van der Waals surface area contributed by atoms with Crippen molar-refractivity contribution >= 4 is 11.7 Å². The van der Waals surface area contributed by atoms with Crippen LogP contribution in [0.3, 0.4) is 0 Å². The number of carbonyl (C=O) groups excluding carboxylic acids is 1. The van der Waals surface area contributed by atoms with Crippen LogP contribution in [-0.4, -0.2) is 25.3 Å². The molecule has 1 aliphatic heterocycles. The fraction of sp³-hybridized carbons (Fsp3) is 0.417. The van der Waals surface area contributed by atoms with Gasteiger partial charge < -0.3 is 15.2 Å². The van der Waals surface area contributed by atoms with Crippen molar-refractivity contribution in [2.75, 3.05) is 18.9 Å². The molecule has 1 aromatic rings. The molecule has 16 heavy (non-hydrogen) atoms. The second kappa shape index (κ2) is 4.99. The molecule has 4 nitrogen and oxygen atoms in total. The first-order valence-electron chi connectivity index (χ1n) is 5.40. The lowest BCUT2D eigenvalue weighted by atomic mass is 10.2. The summed E-state index contributed by atoms with van der Waals surface area (Å²) in [6.45, 7) is 1.07. The van der Waals surface area contributed by atoms with Crippen molar-refractivity contribution in [3.63, 3.8) is 0 Å². The molecule has 0 unspecified atom stereocenters. The number of ether oxygens (including phenoxy) is 2. The number of benzene rings is 1. The van der Waals surface area contributed by atoms with Gasteiger partial charge in [0.05, 0.1) is 11.7 Å². The van der Waals surface area contributed by atoms with Gasteiger partial charge in [-0.3, -0.25) is 0 Å². The van der Waals surface area contributed by atoms with E-state index >= 15 is 0 Å². The summed E-state index contributed by atoms with van der Waals surface area (Å²) in [5.41, 5.74) is 6.53. The van der Waals surface area contributed by atoms with Crippen LogP contribution in [0.15, 0.2) is 24.3 Å². The van der Waals surface area contributed by atoms with E-state index in [2.05, 4.69) is 0 Å². The lowest BCUT2D eigenvalue weighted by Gasteiger charge is -2.10. The van der Waals surface area contributed by atoms with E-state index in [9.17, 15) is 4.79 Å². The number of rotatable bonds is 3. The van der Waals surface area contributed by atoms with Crippen molar-refractivity contribution in [1.29, 1.82) is 0 Å². The van der Waals surface area contributed by atoms with E-state index in [1.54, 1.807) is 24.3 Å². The van der Waals surface area contributed by atoms with Gasteiger partial charge >= 0.3 is 5.97 Å². The standard InChI is InChI=1S/C12H15NO3/c13-11-6-2-1-5-10(11)12(14)16-8-9-4-3-7-15-9/h1-2,5-6,9H,3-4,7-8,13H2/t9-/m1/s1. The van der Waals surface area contributed by atoms with Gasteiger partial charge in [-0.15, -0.1) is 0 Å². The van der Waals surface area contributed by atoms with Crippen LogP contribution >= 0.6 is 0 Å². The lowest BCUT2D eigenvalue weighted by molar-refractivity contribution is 0.0162. The summed E-state index contributed by atoms with van der Waals surface area (Å²) in [7, 11) is 0. The molecule has 4 heteroatoms. The number of hydrogen-bond acceptors (Lipinski definition) is 4. The van der Waals surface area contributed by atoms with Gasteiger partial charge in [0, 0.05) is 12.3 Å². The summed E-state index contributed by atoms with van der Waals surface area (Å²) in [5, 5.41) is 0. The molecule has 0 spiro atoms. The van der Waals surface area contributed by atoms with Gasteiger partial charge in [-0.25, -0.2) is 4.79 Å². The Bertz CT molecular complexity index is 372. The van der Waals surface area contributed by atoms with E-state index in [0.717, 1.165) is 19.4 Å². The number of hydrogen-bond donors (Lipinski definition) is 1. The van der Waals surface area contributed by atoms with Gasteiger partial charge in [0.1, 0.15) is 6.61 Å². The first kappa shape index (κ1) is 11.0. The van der Waals surface area contributed by atoms with E-state index in [-0.39, 0.29) is 12.1 Å². The highest BCUT2D eigenvalue weighted by Gasteiger charge is 2.18. The van der Waals surface area contributed by atoms with E-state index in [4.69, 9.17) is 15.2 Å². The van der Waals surface area contributed by atoms with Crippen molar-refractivity contribution in [2.24, 2.45) is 0 Å². The molecule has 0 radical (unpaired) electrons. The zero-order chi connectivity index (χ0) is 11.4. The second-order valence-electron chi connectivity index (χ2n) is 3.82. The number of nitrogen functional groups attached to an aromatic ring is 1. The Balaban J connectivity index is 1.90. The second-order valence-corrected chi connectivity index (χ2v) is 3.82. The van der Waals surface area contributed by atoms with Crippen LogP contribution in [0, 0.1) is 0 Å². The Labute approximate surface area is 94.3 Å². The summed E-state index contributed by atoms with van der Waals surface area (Å²) >= 11 is 0. The highest BCUT2D eigenvalue weighted by Crippen LogP contribution is 2.15. The third-order valence-electron chi connectivity index (χ3n) is 2.61. The Kier molecular flexibility index (Phi) is 3.41. The SMILES string of the molecule is Nc1ccccc1C(=O)OC[C@H]1CCCO1. The fourth-order valence-corrected chi connectivity index (χ4v) is 1.71. The zero-order valence-corrected chi connectivity index (χ0v) is 9.02. The lowest BCUT2D eigenvalue weighted by Crippen LogP contribution is -2.18. The molecule has 0 bridgehead atoms. The number of carbonyl (C=O) groups is 1. The summed E-state index contributed by atoms with van der Waals surface area (Å²) in [4.78, 5) is 11.7. The van der Waals surface area contributed by atoms with Gasteiger partial charge in [0.25, 0.3) is 0 Å². The monoisotopic (exact) mass is 221 g/mol. The third-order valence-corrected chi connectivity index (χ3v) is 2.61. The van der Waals surface area contributed by atoms with Crippen molar-refractivity contribution < 1.29 is 14.3 Å². The van der Waals surface area contributed by atoms with Crippen LogP contribution in [0.2, 0.25) is 0 Å². The average molecular weight is 221 g/mol. The minimum absolute atomic E-state index is 0.0499. The summed E-state index contributed by atoms with van der Waals surface area (Å²) < 4.78 is 10.5. The number of nitrogens with two attached hydrogens (primary N) is 1. The molecule has 0 aromatic heterocycles. The van der Waals surface area contributed by atoms with Gasteiger partial charge in [-0.2, -0.15) is 0 Å². The van der Waals surface area contributed by atoms with Gasteiger partial charge in [0.15, 0.2) is 0 Å². The van der Waals surface area contributed by atoms with Crippen molar-refractivity contribution in [3.05, 3.63) is 29.8 Å². The molecule has 1 heterocycles. The van der Waals surface area contributed by atoms with Crippen LogP contribution in [-0.2, 0) is 9.47 Å². The van der Waals surface area contributed by atoms with E-state index < -0.39 is 0 Å². The topological polar surface area (TPSA) is 61.6 Å². The molecule has 86 valence electrons. The first-order chi connectivity index (χ1) is 7.77. The Morgan fingerprint density at radius 2 is 2.31 bits per heavy atom. The van der Waals surface area contributed by atoms with E-state index in [0.29, 0.717) is 17.9 Å². The summed E-state index contributed by atoms with van der Waals surface area (Å²) in [6.07, 6.45) is 2.04. The Morgan fingerprint density at radius 1 is 1.50 bits per heavy atom. The smallest absolute Gasteiger partial charge is 0.340 e. The molecule has 1 saturated heterocycles. The predicted molar refractivity (Wildman–Crippen MR) is 60.1 cm³/mol. The average Bonchev–Trinajstić information content (AvgIpc) is 2.79. The number of anilines is 1. The Morgan fingerprint density at radius 3 is 3.00 bits per heavy atom. The van der Waals surface area contributed by atoms with Crippen molar-refractivity contribution in [1.82, 2.24) is 0 Å². The normalized spacial score (nSPS) is 19.6. The fourth-order valence-electron chi connectivity index (χ4n) is 1.71. The minimum atomic E-state index is -0.381. The molecule has 0 saturated carbocycles. The van der Waals surface area contributed by atoms with E-state index in [1.807, 2.05) is 0 Å². The van der Waals surface area contributed by atoms with Crippen molar-refractivity contribution in [2.45, 2.75) is 18.9 Å². The van der Waals surface area contributed by atoms with Gasteiger partial charge in [0.2, 0.25) is 0 Å².